The van der Waals surface area contributed by atoms with Crippen LogP contribution < -0.4 is 0 Å². The van der Waals surface area contributed by atoms with Crippen molar-refractivity contribution in [1.29, 1.82) is 0 Å². The number of rotatable bonds is 0. The second-order valence-corrected chi connectivity index (χ2v) is 7.56. The topological polar surface area (TPSA) is 17.3 Å². The van der Waals surface area contributed by atoms with Crippen molar-refractivity contribution in [3.63, 3.8) is 0 Å². The zero-order valence-corrected chi connectivity index (χ0v) is 14.1. The van der Waals surface area contributed by atoms with Gasteiger partial charge in [-0.2, -0.15) is 0 Å². The molecule has 0 saturated heterocycles. The molecule has 4 aromatic rings. The van der Waals surface area contributed by atoms with Crippen molar-refractivity contribution in [2.75, 3.05) is 0 Å². The van der Waals surface area contributed by atoms with E-state index in [0.717, 1.165) is 12.1 Å². The number of nitrogens with zero attached hydrogens (tertiary/aromatic N) is 2. The maximum atomic E-state index is 4.95. The lowest BCUT2D eigenvalue weighted by atomic mass is 9.76. The summed E-state index contributed by atoms with van der Waals surface area (Å²) < 4.78 is 2.43. The molecule has 1 aliphatic rings. The second kappa shape index (κ2) is 3.94. The van der Waals surface area contributed by atoms with E-state index in [2.05, 4.69) is 68.5 Å². The van der Waals surface area contributed by atoms with Gasteiger partial charge in [0.25, 0.3) is 0 Å². The highest BCUT2D eigenvalue weighted by molar-refractivity contribution is 6.14. The molecule has 2 aromatic carbocycles. The number of benzene rings is 2. The summed E-state index contributed by atoms with van der Waals surface area (Å²) in [4.78, 5) is 4.95. The van der Waals surface area contributed by atoms with Gasteiger partial charge in [-0.3, -0.25) is 4.40 Å². The zero-order chi connectivity index (χ0) is 15.9. The monoisotopic (exact) mass is 300 g/mol. The molecule has 114 valence electrons. The number of pyridine rings is 1. The highest BCUT2D eigenvalue weighted by atomic mass is 15.0. The Morgan fingerprint density at radius 1 is 1.00 bits per heavy atom. The zero-order valence-electron chi connectivity index (χ0n) is 14.1. The molecule has 5 rings (SSSR count). The van der Waals surface area contributed by atoms with Gasteiger partial charge in [-0.1, -0.05) is 50.2 Å². The van der Waals surface area contributed by atoms with Crippen molar-refractivity contribution in [3.8, 4) is 0 Å². The van der Waals surface area contributed by atoms with Crippen LogP contribution in [0, 0.1) is 13.8 Å². The van der Waals surface area contributed by atoms with E-state index in [0.29, 0.717) is 0 Å². The largest absolute Gasteiger partial charge is 0.296 e. The van der Waals surface area contributed by atoms with Gasteiger partial charge in [-0.15, -0.1) is 0 Å². The first-order chi connectivity index (χ1) is 11.0. The highest BCUT2D eigenvalue weighted by Crippen LogP contribution is 2.43. The molecule has 0 spiro atoms. The Kier molecular flexibility index (Phi) is 2.25. The quantitative estimate of drug-likeness (QED) is 0.413. The number of fused-ring (bicyclic) bond motifs is 3. The van der Waals surface area contributed by atoms with Crippen molar-refractivity contribution >= 4 is 27.3 Å². The normalized spacial score (nSPS) is 16.0. The lowest BCUT2D eigenvalue weighted by Crippen LogP contribution is -2.27. The predicted octanol–water partition coefficient (Wildman–Crippen LogP) is 5.09. The minimum atomic E-state index is 0.141. The molecule has 1 aliphatic heterocycles. The molecular formula is C21H20N2. The summed E-state index contributed by atoms with van der Waals surface area (Å²) in [5.74, 6) is 0. The predicted molar refractivity (Wildman–Crippen MR) is 96.4 cm³/mol. The van der Waals surface area contributed by atoms with Crippen LogP contribution in [0.4, 0.5) is 0 Å². The molecule has 0 N–H and O–H groups in total. The standard InChI is InChI=1S/C21H20N2/c1-12-9-10-16-19-18(12)14-7-5-6-8-15(14)20-22-13(2)17(23(19)20)11-21(16,3)4/h5-10H,11H2,1-4H3. The summed E-state index contributed by atoms with van der Waals surface area (Å²) >= 11 is 0. The van der Waals surface area contributed by atoms with Crippen molar-refractivity contribution < 1.29 is 0 Å². The minimum absolute atomic E-state index is 0.141. The summed E-state index contributed by atoms with van der Waals surface area (Å²) in [6.07, 6.45) is 1.05. The molecule has 0 atom stereocenters. The van der Waals surface area contributed by atoms with E-state index in [1.165, 1.54) is 44.2 Å². The molecule has 2 nitrogen and oxygen atoms in total. The van der Waals surface area contributed by atoms with E-state index < -0.39 is 0 Å². The number of aromatic nitrogens is 2. The molecule has 2 aromatic heterocycles. The lowest BCUT2D eigenvalue weighted by Gasteiger charge is -2.32. The Bertz CT molecular complexity index is 1130. The van der Waals surface area contributed by atoms with Gasteiger partial charge in [-0.25, -0.2) is 4.98 Å². The molecule has 0 saturated carbocycles. The molecule has 0 bridgehead atoms. The summed E-state index contributed by atoms with van der Waals surface area (Å²) in [5, 5.41) is 3.97. The van der Waals surface area contributed by atoms with Crippen LogP contribution in [0.5, 0.6) is 0 Å². The van der Waals surface area contributed by atoms with Gasteiger partial charge >= 0.3 is 0 Å². The summed E-state index contributed by atoms with van der Waals surface area (Å²) in [5.41, 5.74) is 7.95. The van der Waals surface area contributed by atoms with Crippen LogP contribution in [0.2, 0.25) is 0 Å². The van der Waals surface area contributed by atoms with Gasteiger partial charge in [0.1, 0.15) is 5.65 Å². The Balaban J connectivity index is 2.24. The lowest BCUT2D eigenvalue weighted by molar-refractivity contribution is 0.504. The molecule has 0 fully saturated rings. The highest BCUT2D eigenvalue weighted by Gasteiger charge is 2.33. The summed E-state index contributed by atoms with van der Waals surface area (Å²) in [6.45, 7) is 9.09. The fourth-order valence-electron chi connectivity index (χ4n) is 4.41. The van der Waals surface area contributed by atoms with Gasteiger partial charge in [0.15, 0.2) is 0 Å². The number of imidazole rings is 1. The number of aryl methyl sites for hydroxylation is 2. The molecule has 3 heterocycles. The molecular weight excluding hydrogens is 280 g/mol. The molecule has 0 aliphatic carbocycles. The third kappa shape index (κ3) is 1.46. The summed E-state index contributed by atoms with van der Waals surface area (Å²) in [7, 11) is 0. The first-order valence-electron chi connectivity index (χ1n) is 8.31. The van der Waals surface area contributed by atoms with Crippen molar-refractivity contribution in [1.82, 2.24) is 9.38 Å². The van der Waals surface area contributed by atoms with Gasteiger partial charge < -0.3 is 0 Å². The molecule has 23 heavy (non-hydrogen) atoms. The van der Waals surface area contributed by atoms with Crippen LogP contribution in [0.3, 0.4) is 0 Å². The van der Waals surface area contributed by atoms with Crippen LogP contribution >= 0.6 is 0 Å². The average Bonchev–Trinajstić information content (AvgIpc) is 2.84. The molecule has 2 heteroatoms. The fourth-order valence-corrected chi connectivity index (χ4v) is 4.41. The van der Waals surface area contributed by atoms with E-state index in [-0.39, 0.29) is 5.41 Å². The minimum Gasteiger partial charge on any atom is -0.296 e. The number of hydrogen-bond acceptors (Lipinski definition) is 1. The van der Waals surface area contributed by atoms with Crippen LogP contribution in [-0.2, 0) is 11.8 Å². The fraction of sp³-hybridized carbons (Fsp3) is 0.286. The third-order valence-electron chi connectivity index (χ3n) is 5.56. The molecule has 0 amide bonds. The maximum Gasteiger partial charge on any atom is 0.145 e. The van der Waals surface area contributed by atoms with Gasteiger partial charge in [-0.05, 0) is 42.2 Å². The SMILES string of the molecule is Cc1nc2c3ccccc3c3c(C)ccc4c3n2c1CC4(C)C. The van der Waals surface area contributed by atoms with E-state index in [4.69, 9.17) is 4.98 Å². The van der Waals surface area contributed by atoms with Crippen molar-refractivity contribution in [3.05, 3.63) is 58.9 Å². The third-order valence-corrected chi connectivity index (χ3v) is 5.56. The van der Waals surface area contributed by atoms with Gasteiger partial charge in [0.05, 0.1) is 11.2 Å². The van der Waals surface area contributed by atoms with Crippen LogP contribution in [0.25, 0.3) is 27.3 Å². The smallest absolute Gasteiger partial charge is 0.145 e. The van der Waals surface area contributed by atoms with Gasteiger partial charge in [0.2, 0.25) is 0 Å². The average molecular weight is 300 g/mol. The van der Waals surface area contributed by atoms with Gasteiger partial charge in [0, 0.05) is 16.5 Å². The van der Waals surface area contributed by atoms with E-state index in [9.17, 15) is 0 Å². The first kappa shape index (κ1) is 13.1. The summed E-state index contributed by atoms with van der Waals surface area (Å²) in [6, 6.07) is 13.3. The van der Waals surface area contributed by atoms with Crippen molar-refractivity contribution in [2.24, 2.45) is 0 Å². The van der Waals surface area contributed by atoms with Crippen LogP contribution in [-0.4, -0.2) is 9.38 Å². The van der Waals surface area contributed by atoms with E-state index >= 15 is 0 Å². The van der Waals surface area contributed by atoms with Crippen LogP contribution in [0.1, 0.15) is 36.4 Å². The molecule has 0 unspecified atom stereocenters. The van der Waals surface area contributed by atoms with Crippen LogP contribution in [0.15, 0.2) is 36.4 Å². The van der Waals surface area contributed by atoms with E-state index in [1.54, 1.807) is 0 Å². The molecule has 0 radical (unpaired) electrons. The van der Waals surface area contributed by atoms with Crippen molar-refractivity contribution in [2.45, 2.75) is 39.5 Å². The van der Waals surface area contributed by atoms with E-state index in [1.807, 2.05) is 0 Å². The Hall–Kier alpha value is -2.35. The first-order valence-corrected chi connectivity index (χ1v) is 8.31. The maximum absolute atomic E-state index is 4.95. The number of hydrogen-bond donors (Lipinski definition) is 0. The Labute approximate surface area is 135 Å². The second-order valence-electron chi connectivity index (χ2n) is 7.56. The Morgan fingerprint density at radius 3 is 2.52 bits per heavy atom. The Morgan fingerprint density at radius 2 is 1.74 bits per heavy atom.